The number of carbonyl (C=O) groups excluding carboxylic acids is 1. The SMILES string of the molecule is Cc1ccc(C)c(NC(=O)c2ccc(OCc3ccccc3C(=O)O)cc2)c1. The number of hydrogen-bond acceptors (Lipinski definition) is 3. The third-order valence-corrected chi connectivity index (χ3v) is 4.40. The minimum absolute atomic E-state index is 0.135. The summed E-state index contributed by atoms with van der Waals surface area (Å²) in [4.78, 5) is 23.7. The Balaban J connectivity index is 1.66. The Labute approximate surface area is 163 Å². The number of hydrogen-bond donors (Lipinski definition) is 2. The topological polar surface area (TPSA) is 75.6 Å². The maximum atomic E-state index is 12.5. The Hall–Kier alpha value is -3.60. The van der Waals surface area contributed by atoms with Gasteiger partial charge in [0.15, 0.2) is 0 Å². The first-order chi connectivity index (χ1) is 13.4. The Morgan fingerprint density at radius 1 is 0.964 bits per heavy atom. The molecule has 28 heavy (non-hydrogen) atoms. The van der Waals surface area contributed by atoms with Crippen LogP contribution in [0.3, 0.4) is 0 Å². The lowest BCUT2D eigenvalue weighted by Gasteiger charge is -2.11. The number of ether oxygens (including phenoxy) is 1. The number of aromatic carboxylic acids is 1. The zero-order chi connectivity index (χ0) is 20.1. The number of benzene rings is 3. The molecule has 0 aromatic heterocycles. The molecule has 0 bridgehead atoms. The van der Waals surface area contributed by atoms with E-state index in [4.69, 9.17) is 4.74 Å². The highest BCUT2D eigenvalue weighted by molar-refractivity contribution is 6.04. The van der Waals surface area contributed by atoms with Crippen LogP contribution in [0.1, 0.15) is 37.4 Å². The fourth-order valence-corrected chi connectivity index (χ4v) is 2.78. The minimum atomic E-state index is -0.988. The molecule has 0 aliphatic heterocycles. The molecule has 142 valence electrons. The summed E-state index contributed by atoms with van der Waals surface area (Å²) in [6, 6.07) is 19.4. The van der Waals surface area contributed by atoms with Crippen molar-refractivity contribution in [1.29, 1.82) is 0 Å². The number of carboxylic acid groups (broad SMARTS) is 1. The molecule has 0 aliphatic carbocycles. The predicted octanol–water partition coefficient (Wildman–Crippen LogP) is 4.83. The Bertz CT molecular complexity index is 1010. The molecule has 2 N–H and O–H groups in total. The van der Waals surface area contributed by atoms with E-state index in [0.29, 0.717) is 16.9 Å². The van der Waals surface area contributed by atoms with Gasteiger partial charge in [0.2, 0.25) is 0 Å². The molecule has 0 radical (unpaired) electrons. The van der Waals surface area contributed by atoms with Gasteiger partial charge in [-0.05, 0) is 61.4 Å². The van der Waals surface area contributed by atoms with Gasteiger partial charge in [-0.25, -0.2) is 4.79 Å². The van der Waals surface area contributed by atoms with E-state index in [1.807, 2.05) is 32.0 Å². The van der Waals surface area contributed by atoms with Crippen LogP contribution >= 0.6 is 0 Å². The number of carbonyl (C=O) groups is 2. The van der Waals surface area contributed by atoms with Crippen LogP contribution in [-0.2, 0) is 6.61 Å². The van der Waals surface area contributed by atoms with Gasteiger partial charge in [0.25, 0.3) is 5.91 Å². The van der Waals surface area contributed by atoms with E-state index < -0.39 is 5.97 Å². The third-order valence-electron chi connectivity index (χ3n) is 4.40. The first-order valence-electron chi connectivity index (χ1n) is 8.86. The van der Waals surface area contributed by atoms with Crippen LogP contribution in [0.2, 0.25) is 0 Å². The second-order valence-electron chi connectivity index (χ2n) is 6.55. The second kappa shape index (κ2) is 8.39. The number of amides is 1. The summed E-state index contributed by atoms with van der Waals surface area (Å²) >= 11 is 0. The van der Waals surface area contributed by atoms with Gasteiger partial charge >= 0.3 is 5.97 Å². The monoisotopic (exact) mass is 375 g/mol. The lowest BCUT2D eigenvalue weighted by molar-refractivity contribution is 0.0693. The maximum absolute atomic E-state index is 12.5. The van der Waals surface area contributed by atoms with Crippen molar-refractivity contribution in [3.63, 3.8) is 0 Å². The molecule has 0 atom stereocenters. The molecular formula is C23H21NO4. The zero-order valence-corrected chi connectivity index (χ0v) is 15.7. The average Bonchev–Trinajstić information content (AvgIpc) is 2.69. The molecule has 0 saturated carbocycles. The van der Waals surface area contributed by atoms with Crippen molar-refractivity contribution in [2.45, 2.75) is 20.5 Å². The van der Waals surface area contributed by atoms with E-state index in [-0.39, 0.29) is 18.1 Å². The molecule has 0 aliphatic rings. The van der Waals surface area contributed by atoms with E-state index in [2.05, 4.69) is 5.32 Å². The summed E-state index contributed by atoms with van der Waals surface area (Å²) < 4.78 is 5.68. The van der Waals surface area contributed by atoms with Crippen molar-refractivity contribution in [3.8, 4) is 5.75 Å². The number of anilines is 1. The molecule has 0 heterocycles. The van der Waals surface area contributed by atoms with Gasteiger partial charge in [-0.3, -0.25) is 4.79 Å². The van der Waals surface area contributed by atoms with E-state index >= 15 is 0 Å². The Kier molecular flexibility index (Phi) is 5.75. The summed E-state index contributed by atoms with van der Waals surface area (Å²) in [6.45, 7) is 4.06. The summed E-state index contributed by atoms with van der Waals surface area (Å²) in [7, 11) is 0. The van der Waals surface area contributed by atoms with Crippen LogP contribution in [-0.4, -0.2) is 17.0 Å². The summed E-state index contributed by atoms with van der Waals surface area (Å²) in [5.74, 6) is -0.627. The summed E-state index contributed by atoms with van der Waals surface area (Å²) in [6.07, 6.45) is 0. The van der Waals surface area contributed by atoms with Crippen LogP contribution in [0.4, 0.5) is 5.69 Å². The smallest absolute Gasteiger partial charge is 0.336 e. The molecule has 0 saturated heterocycles. The molecule has 3 aromatic carbocycles. The lowest BCUT2D eigenvalue weighted by Crippen LogP contribution is -2.12. The van der Waals surface area contributed by atoms with E-state index in [1.54, 1.807) is 48.5 Å². The Morgan fingerprint density at radius 3 is 2.39 bits per heavy atom. The van der Waals surface area contributed by atoms with Crippen LogP contribution in [0.25, 0.3) is 0 Å². The van der Waals surface area contributed by atoms with Crippen molar-refractivity contribution in [2.24, 2.45) is 0 Å². The molecule has 0 unspecified atom stereocenters. The fraction of sp³-hybridized carbons (Fsp3) is 0.130. The van der Waals surface area contributed by atoms with Crippen LogP contribution in [0.5, 0.6) is 5.75 Å². The largest absolute Gasteiger partial charge is 0.489 e. The highest BCUT2D eigenvalue weighted by Crippen LogP contribution is 2.19. The average molecular weight is 375 g/mol. The number of aryl methyl sites for hydroxylation is 2. The van der Waals surface area contributed by atoms with E-state index in [9.17, 15) is 14.7 Å². The normalized spacial score (nSPS) is 10.4. The predicted molar refractivity (Wildman–Crippen MR) is 108 cm³/mol. The highest BCUT2D eigenvalue weighted by atomic mass is 16.5. The first-order valence-corrected chi connectivity index (χ1v) is 8.86. The van der Waals surface area contributed by atoms with Crippen molar-refractivity contribution in [2.75, 3.05) is 5.32 Å². The molecule has 5 heteroatoms. The minimum Gasteiger partial charge on any atom is -0.489 e. The molecular weight excluding hydrogens is 354 g/mol. The molecule has 1 amide bonds. The van der Waals surface area contributed by atoms with Crippen molar-refractivity contribution in [3.05, 3.63) is 94.5 Å². The Morgan fingerprint density at radius 2 is 1.68 bits per heavy atom. The first kappa shape index (κ1) is 19.2. The molecule has 0 spiro atoms. The summed E-state index contributed by atoms with van der Waals surface area (Å²) in [5.41, 5.74) is 4.18. The van der Waals surface area contributed by atoms with Gasteiger partial charge in [0.05, 0.1) is 5.56 Å². The third kappa shape index (κ3) is 4.57. The highest BCUT2D eigenvalue weighted by Gasteiger charge is 2.11. The molecule has 3 aromatic rings. The van der Waals surface area contributed by atoms with Gasteiger partial charge in [-0.1, -0.05) is 30.3 Å². The van der Waals surface area contributed by atoms with Crippen LogP contribution in [0, 0.1) is 13.8 Å². The second-order valence-corrected chi connectivity index (χ2v) is 6.55. The molecule has 0 fully saturated rings. The fourth-order valence-electron chi connectivity index (χ4n) is 2.78. The lowest BCUT2D eigenvalue weighted by atomic mass is 10.1. The van der Waals surface area contributed by atoms with Crippen molar-refractivity contribution < 1.29 is 19.4 Å². The quantitative estimate of drug-likeness (QED) is 0.647. The zero-order valence-electron chi connectivity index (χ0n) is 15.7. The van der Waals surface area contributed by atoms with Gasteiger partial charge < -0.3 is 15.2 Å². The van der Waals surface area contributed by atoms with Crippen molar-refractivity contribution in [1.82, 2.24) is 0 Å². The van der Waals surface area contributed by atoms with Crippen LogP contribution < -0.4 is 10.1 Å². The van der Waals surface area contributed by atoms with Gasteiger partial charge in [0, 0.05) is 16.8 Å². The van der Waals surface area contributed by atoms with E-state index in [1.165, 1.54) is 0 Å². The maximum Gasteiger partial charge on any atom is 0.336 e. The van der Waals surface area contributed by atoms with E-state index in [0.717, 1.165) is 16.8 Å². The van der Waals surface area contributed by atoms with Gasteiger partial charge in [-0.2, -0.15) is 0 Å². The standard InChI is InChI=1S/C23H21NO4/c1-15-7-8-16(2)21(13-15)24-22(25)17-9-11-19(12-10-17)28-14-18-5-3-4-6-20(18)23(26)27/h3-13H,14H2,1-2H3,(H,24,25)(H,26,27). The number of nitrogens with one attached hydrogen (secondary N) is 1. The molecule has 3 rings (SSSR count). The summed E-state index contributed by atoms with van der Waals surface area (Å²) in [5, 5.41) is 12.1. The van der Waals surface area contributed by atoms with Crippen LogP contribution in [0.15, 0.2) is 66.7 Å². The van der Waals surface area contributed by atoms with Gasteiger partial charge in [0.1, 0.15) is 12.4 Å². The number of carboxylic acids is 1. The number of rotatable bonds is 6. The van der Waals surface area contributed by atoms with Crippen molar-refractivity contribution >= 4 is 17.6 Å². The molecule has 5 nitrogen and oxygen atoms in total. The van der Waals surface area contributed by atoms with Gasteiger partial charge in [-0.15, -0.1) is 0 Å².